The van der Waals surface area contributed by atoms with Crippen molar-refractivity contribution in [3.8, 4) is 0 Å². The molecule has 0 fully saturated rings. The minimum Gasteiger partial charge on any atom is -0.760 e. The number of hydrogen-bond donors (Lipinski definition) is 2. The van der Waals surface area contributed by atoms with Crippen LogP contribution >= 0.6 is 0 Å². The zero-order valence-electron chi connectivity index (χ0n) is 4.81. The van der Waals surface area contributed by atoms with Gasteiger partial charge in [-0.3, -0.25) is 8.76 Å². The quantitative estimate of drug-likeness (QED) is 0.402. The molecule has 0 bridgehead atoms. The largest absolute Gasteiger partial charge is 0.760 e. The van der Waals surface area contributed by atoms with Gasteiger partial charge in [-0.2, -0.15) is 8.42 Å². The molecular formula is C2H6NO5S2-. The number of nitrogens with one attached hydrogen (secondary N) is 1. The summed E-state index contributed by atoms with van der Waals surface area (Å²) in [4.78, 5) is 0. The van der Waals surface area contributed by atoms with Gasteiger partial charge in [-0.25, -0.2) is 4.72 Å². The van der Waals surface area contributed by atoms with E-state index < -0.39 is 27.1 Å². The summed E-state index contributed by atoms with van der Waals surface area (Å²) in [6, 6.07) is 0. The van der Waals surface area contributed by atoms with Crippen molar-refractivity contribution in [1.82, 2.24) is 4.72 Å². The highest BCUT2D eigenvalue weighted by atomic mass is 32.2. The molecule has 0 rings (SSSR count). The lowest BCUT2D eigenvalue weighted by Gasteiger charge is -2.04. The minimum atomic E-state index is -4.06. The van der Waals surface area contributed by atoms with Crippen molar-refractivity contribution >= 4 is 21.4 Å². The molecule has 0 aromatic carbocycles. The Morgan fingerprint density at radius 2 is 2.10 bits per heavy atom. The predicted octanol–water partition coefficient (Wildman–Crippen LogP) is -1.74. The Kier molecular flexibility index (Phi) is 3.98. The predicted molar refractivity (Wildman–Crippen MR) is 33.3 cm³/mol. The molecule has 0 saturated heterocycles. The van der Waals surface area contributed by atoms with E-state index in [-0.39, 0.29) is 6.54 Å². The first-order valence-electron chi connectivity index (χ1n) is 2.20. The summed E-state index contributed by atoms with van der Waals surface area (Å²) >= 11 is -2.48. The van der Waals surface area contributed by atoms with Crippen molar-refractivity contribution in [2.75, 3.05) is 12.3 Å². The summed E-state index contributed by atoms with van der Waals surface area (Å²) in [5.74, 6) is -0.610. The summed E-state index contributed by atoms with van der Waals surface area (Å²) in [6.45, 7) is -0.311. The summed E-state index contributed by atoms with van der Waals surface area (Å²) in [6.07, 6.45) is 0. The molecule has 0 aliphatic heterocycles. The molecule has 0 aliphatic carbocycles. The van der Waals surface area contributed by atoms with E-state index in [1.165, 1.54) is 0 Å². The van der Waals surface area contributed by atoms with Gasteiger partial charge in [0.05, 0.1) is 5.75 Å². The normalized spacial score (nSPS) is 15.0. The van der Waals surface area contributed by atoms with Crippen LogP contribution in [0.15, 0.2) is 0 Å². The molecule has 6 nitrogen and oxygen atoms in total. The Balaban J connectivity index is 3.49. The first-order chi connectivity index (χ1) is 4.42. The van der Waals surface area contributed by atoms with Gasteiger partial charge >= 0.3 is 0 Å². The SMILES string of the molecule is O=S([O-])NCCS(=O)(=O)O. The fourth-order valence-corrected chi connectivity index (χ4v) is 1.01. The molecule has 1 unspecified atom stereocenters. The first kappa shape index (κ1) is 9.98. The van der Waals surface area contributed by atoms with Gasteiger partial charge < -0.3 is 4.55 Å². The van der Waals surface area contributed by atoms with Crippen LogP contribution in [-0.2, 0) is 21.4 Å². The van der Waals surface area contributed by atoms with Gasteiger partial charge in [-0.05, 0) is 0 Å². The molecule has 0 heterocycles. The molecule has 62 valence electrons. The number of hydrogen-bond acceptors (Lipinski definition) is 4. The van der Waals surface area contributed by atoms with Crippen molar-refractivity contribution in [3.63, 3.8) is 0 Å². The van der Waals surface area contributed by atoms with Gasteiger partial charge in [0.2, 0.25) is 0 Å². The van der Waals surface area contributed by atoms with E-state index in [0.717, 1.165) is 0 Å². The molecule has 0 amide bonds. The van der Waals surface area contributed by atoms with Crippen LogP contribution in [0.2, 0.25) is 0 Å². The Bertz CT molecular complexity index is 208. The van der Waals surface area contributed by atoms with E-state index >= 15 is 0 Å². The fourth-order valence-electron chi connectivity index (χ4n) is 0.254. The Labute approximate surface area is 60.8 Å². The third-order valence-corrected chi connectivity index (χ3v) is 1.74. The molecule has 0 radical (unpaired) electrons. The van der Waals surface area contributed by atoms with Crippen LogP contribution in [-0.4, -0.2) is 34.0 Å². The van der Waals surface area contributed by atoms with Gasteiger partial charge in [-0.1, -0.05) is 0 Å². The summed E-state index contributed by atoms with van der Waals surface area (Å²) in [5.41, 5.74) is 0. The third-order valence-electron chi connectivity index (χ3n) is 0.580. The monoisotopic (exact) mass is 188 g/mol. The standard InChI is InChI=1S/C2H7NO5S2/c4-9(5)3-1-2-10(6,7)8/h3H,1-2H2,(H,4,5)(H,6,7,8)/p-1. The maximum Gasteiger partial charge on any atom is 0.266 e. The molecule has 1 atom stereocenters. The van der Waals surface area contributed by atoms with E-state index in [0.29, 0.717) is 0 Å². The van der Waals surface area contributed by atoms with E-state index in [1.54, 1.807) is 4.72 Å². The highest BCUT2D eigenvalue weighted by Gasteiger charge is 2.01. The molecular weight excluding hydrogens is 182 g/mol. The Morgan fingerprint density at radius 1 is 1.60 bits per heavy atom. The van der Waals surface area contributed by atoms with Crippen LogP contribution in [0.4, 0.5) is 0 Å². The molecule has 0 aliphatic rings. The highest BCUT2D eigenvalue weighted by molar-refractivity contribution is 7.85. The van der Waals surface area contributed by atoms with E-state index in [1.807, 2.05) is 0 Å². The Hall–Kier alpha value is -0.0200. The summed E-state index contributed by atoms with van der Waals surface area (Å²) in [7, 11) is -4.06. The molecule has 0 saturated carbocycles. The van der Waals surface area contributed by atoms with Gasteiger partial charge in [0.1, 0.15) is 0 Å². The van der Waals surface area contributed by atoms with E-state index in [2.05, 4.69) is 0 Å². The van der Waals surface area contributed by atoms with Crippen LogP contribution in [0, 0.1) is 0 Å². The van der Waals surface area contributed by atoms with Crippen molar-refractivity contribution < 1.29 is 21.7 Å². The molecule has 0 aromatic heterocycles. The zero-order chi connectivity index (χ0) is 8.20. The first-order valence-corrected chi connectivity index (χ1v) is 4.88. The average Bonchev–Trinajstić information content (AvgIpc) is 1.59. The topological polar surface area (TPSA) is 107 Å². The molecule has 0 spiro atoms. The van der Waals surface area contributed by atoms with Crippen molar-refractivity contribution in [2.45, 2.75) is 0 Å². The molecule has 0 aromatic rings. The van der Waals surface area contributed by atoms with Crippen LogP contribution in [0.3, 0.4) is 0 Å². The molecule has 2 N–H and O–H groups in total. The zero-order valence-corrected chi connectivity index (χ0v) is 6.44. The second kappa shape index (κ2) is 3.98. The van der Waals surface area contributed by atoms with Crippen molar-refractivity contribution in [1.29, 1.82) is 0 Å². The maximum atomic E-state index is 9.93. The van der Waals surface area contributed by atoms with Crippen LogP contribution in [0.1, 0.15) is 0 Å². The second-order valence-electron chi connectivity index (χ2n) is 1.42. The average molecular weight is 188 g/mol. The van der Waals surface area contributed by atoms with Gasteiger partial charge in [0.15, 0.2) is 0 Å². The fraction of sp³-hybridized carbons (Fsp3) is 1.00. The van der Waals surface area contributed by atoms with Crippen molar-refractivity contribution in [3.05, 3.63) is 0 Å². The maximum absolute atomic E-state index is 9.93. The van der Waals surface area contributed by atoms with Crippen LogP contribution in [0.25, 0.3) is 0 Å². The van der Waals surface area contributed by atoms with E-state index in [9.17, 15) is 17.2 Å². The lowest BCUT2D eigenvalue weighted by atomic mass is 10.8. The van der Waals surface area contributed by atoms with Gasteiger partial charge in [0.25, 0.3) is 10.1 Å². The van der Waals surface area contributed by atoms with Gasteiger partial charge in [-0.15, -0.1) is 0 Å². The lowest BCUT2D eigenvalue weighted by molar-refractivity contribution is 0.482. The second-order valence-corrected chi connectivity index (χ2v) is 3.75. The third kappa shape index (κ3) is 7.98. The summed E-state index contributed by atoms with van der Waals surface area (Å²) < 4.78 is 49.1. The lowest BCUT2D eigenvalue weighted by Crippen LogP contribution is -2.24. The summed E-state index contributed by atoms with van der Waals surface area (Å²) in [5, 5.41) is 0. The van der Waals surface area contributed by atoms with E-state index in [4.69, 9.17) is 4.55 Å². The van der Waals surface area contributed by atoms with Crippen LogP contribution < -0.4 is 4.72 Å². The Morgan fingerprint density at radius 3 is 2.40 bits per heavy atom. The van der Waals surface area contributed by atoms with Crippen LogP contribution in [0.5, 0.6) is 0 Å². The smallest absolute Gasteiger partial charge is 0.266 e. The molecule has 8 heteroatoms. The van der Waals surface area contributed by atoms with Crippen molar-refractivity contribution in [2.24, 2.45) is 0 Å². The highest BCUT2D eigenvalue weighted by Crippen LogP contribution is 1.78. The number of rotatable bonds is 4. The molecule has 10 heavy (non-hydrogen) atoms. The minimum absolute atomic E-state index is 0.311. The van der Waals surface area contributed by atoms with Gasteiger partial charge in [0, 0.05) is 17.8 Å².